The number of amides is 1. The van der Waals surface area contributed by atoms with E-state index < -0.39 is 8.32 Å². The molecule has 0 aliphatic carbocycles. The Bertz CT molecular complexity index is 471. The van der Waals surface area contributed by atoms with Crippen molar-refractivity contribution in [3.63, 3.8) is 0 Å². The molecule has 0 bridgehead atoms. The summed E-state index contributed by atoms with van der Waals surface area (Å²) in [5.74, 6) is -0.284. The summed E-state index contributed by atoms with van der Waals surface area (Å²) in [5, 5.41) is 2.76. The van der Waals surface area contributed by atoms with E-state index in [0.29, 0.717) is 6.61 Å². The number of carbonyl (C=O) groups excluding carboxylic acids is 2. The van der Waals surface area contributed by atoms with Crippen LogP contribution in [-0.4, -0.2) is 43.5 Å². The Labute approximate surface area is 144 Å². The van der Waals surface area contributed by atoms with Crippen LogP contribution in [-0.2, 0) is 18.8 Å². The molecular formula is C16H29NO4SSi. The van der Waals surface area contributed by atoms with Crippen LogP contribution in [0, 0.1) is 5.92 Å². The fraction of sp³-hybridized carbons (Fsp3) is 0.875. The minimum atomic E-state index is -1.94. The lowest BCUT2D eigenvalue weighted by molar-refractivity contribution is -0.136. The van der Waals surface area contributed by atoms with Gasteiger partial charge in [-0.25, -0.2) is 0 Å². The Morgan fingerprint density at radius 3 is 2.57 bits per heavy atom. The van der Waals surface area contributed by atoms with Gasteiger partial charge in [0, 0.05) is 6.61 Å². The first-order valence-corrected chi connectivity index (χ1v) is 12.1. The molecule has 0 saturated carbocycles. The van der Waals surface area contributed by atoms with Gasteiger partial charge in [0.15, 0.2) is 8.32 Å². The van der Waals surface area contributed by atoms with E-state index in [-0.39, 0.29) is 39.6 Å². The van der Waals surface area contributed by atoms with Gasteiger partial charge in [-0.1, -0.05) is 32.5 Å². The number of hydrogen-bond donors (Lipinski definition) is 1. The first kappa shape index (κ1) is 19.0. The summed E-state index contributed by atoms with van der Waals surface area (Å²) in [7, 11) is -1.94. The number of ether oxygens (including phenoxy) is 1. The standard InChI is InChI=1S/C16H29NO4SSi/c1-10(21-23(5,6)16(2,3)4)12-13(18)17-14(12)22-15(19)11-8-7-9-20-11/h10-12,14H,7-9H2,1-6H3,(H,17,18). The molecule has 2 heterocycles. The van der Waals surface area contributed by atoms with Crippen LogP contribution in [0.1, 0.15) is 40.5 Å². The van der Waals surface area contributed by atoms with Crippen molar-refractivity contribution in [2.24, 2.45) is 5.92 Å². The third-order valence-electron chi connectivity index (χ3n) is 5.14. The van der Waals surface area contributed by atoms with E-state index in [1.54, 1.807) is 0 Å². The highest BCUT2D eigenvalue weighted by atomic mass is 32.2. The van der Waals surface area contributed by atoms with Crippen molar-refractivity contribution in [2.75, 3.05) is 6.61 Å². The molecule has 0 spiro atoms. The van der Waals surface area contributed by atoms with Crippen LogP contribution in [0.15, 0.2) is 0 Å². The number of carbonyl (C=O) groups is 2. The Balaban J connectivity index is 1.94. The number of hydrogen-bond acceptors (Lipinski definition) is 5. The fourth-order valence-electron chi connectivity index (χ4n) is 2.61. The van der Waals surface area contributed by atoms with Gasteiger partial charge in [-0.15, -0.1) is 0 Å². The van der Waals surface area contributed by atoms with Crippen molar-refractivity contribution in [3.8, 4) is 0 Å². The largest absolute Gasteiger partial charge is 0.413 e. The van der Waals surface area contributed by atoms with Crippen LogP contribution >= 0.6 is 11.8 Å². The summed E-state index contributed by atoms with van der Waals surface area (Å²) < 4.78 is 11.8. The predicted molar refractivity (Wildman–Crippen MR) is 94.7 cm³/mol. The second-order valence-electron chi connectivity index (χ2n) is 7.98. The Morgan fingerprint density at radius 2 is 2.09 bits per heavy atom. The van der Waals surface area contributed by atoms with Crippen LogP contribution in [0.4, 0.5) is 0 Å². The topological polar surface area (TPSA) is 64.6 Å². The zero-order valence-corrected chi connectivity index (χ0v) is 16.8. The highest BCUT2D eigenvalue weighted by Gasteiger charge is 2.49. The third kappa shape index (κ3) is 4.18. The SMILES string of the molecule is CC(O[Si](C)(C)C(C)(C)C)C1C(=O)NC1SC(=O)C1CCCO1. The second-order valence-corrected chi connectivity index (χ2v) is 13.9. The normalized spacial score (nSPS) is 29.8. The molecule has 2 aliphatic heterocycles. The summed E-state index contributed by atoms with van der Waals surface area (Å²) in [6.07, 6.45) is 1.23. The lowest BCUT2D eigenvalue weighted by Crippen LogP contribution is -2.62. The molecule has 2 aliphatic rings. The van der Waals surface area contributed by atoms with Crippen molar-refractivity contribution in [2.45, 2.75) is 76.3 Å². The molecule has 0 aromatic heterocycles. The van der Waals surface area contributed by atoms with Crippen LogP contribution in [0.5, 0.6) is 0 Å². The fourth-order valence-corrected chi connectivity index (χ4v) is 5.29. The van der Waals surface area contributed by atoms with Crippen molar-refractivity contribution in [1.29, 1.82) is 0 Å². The maximum absolute atomic E-state index is 12.2. The molecule has 132 valence electrons. The van der Waals surface area contributed by atoms with Crippen LogP contribution < -0.4 is 5.32 Å². The molecule has 4 atom stereocenters. The second kappa shape index (κ2) is 6.86. The van der Waals surface area contributed by atoms with Gasteiger partial charge >= 0.3 is 0 Å². The molecule has 1 N–H and O–H groups in total. The highest BCUT2D eigenvalue weighted by molar-refractivity contribution is 8.14. The van der Waals surface area contributed by atoms with E-state index in [2.05, 4.69) is 39.2 Å². The minimum absolute atomic E-state index is 0.0196. The summed E-state index contributed by atoms with van der Waals surface area (Å²) in [5.41, 5.74) is 0. The van der Waals surface area contributed by atoms with Crippen LogP contribution in [0.25, 0.3) is 0 Å². The smallest absolute Gasteiger partial charge is 0.229 e. The van der Waals surface area contributed by atoms with Gasteiger partial charge in [-0.05, 0) is 37.9 Å². The number of β-lactam (4-membered cyclic amide) rings is 1. The molecule has 2 fully saturated rings. The van der Waals surface area contributed by atoms with Crippen molar-refractivity contribution >= 4 is 31.1 Å². The van der Waals surface area contributed by atoms with Crippen molar-refractivity contribution in [1.82, 2.24) is 5.32 Å². The maximum atomic E-state index is 12.2. The van der Waals surface area contributed by atoms with Gasteiger partial charge in [0.1, 0.15) is 6.10 Å². The summed E-state index contributed by atoms with van der Waals surface area (Å²) in [6.45, 7) is 13.5. The third-order valence-corrected chi connectivity index (χ3v) is 10.9. The molecule has 0 radical (unpaired) electrons. The quantitative estimate of drug-likeness (QED) is 0.604. The molecular weight excluding hydrogens is 330 g/mol. The van der Waals surface area contributed by atoms with Gasteiger partial charge in [-0.2, -0.15) is 0 Å². The molecule has 23 heavy (non-hydrogen) atoms. The molecule has 2 rings (SSSR count). The molecule has 0 aromatic carbocycles. The van der Waals surface area contributed by atoms with Crippen LogP contribution in [0.3, 0.4) is 0 Å². The van der Waals surface area contributed by atoms with Gasteiger partial charge in [0.05, 0.1) is 17.4 Å². The van der Waals surface area contributed by atoms with Gasteiger partial charge in [-0.3, -0.25) is 9.59 Å². The first-order valence-electron chi connectivity index (χ1n) is 8.33. The molecule has 0 aromatic rings. The van der Waals surface area contributed by atoms with E-state index in [0.717, 1.165) is 12.8 Å². The average Bonchev–Trinajstić information content (AvgIpc) is 2.89. The number of rotatable bonds is 5. The van der Waals surface area contributed by atoms with Crippen LogP contribution in [0.2, 0.25) is 18.1 Å². The van der Waals surface area contributed by atoms with Crippen molar-refractivity contribution < 1.29 is 18.8 Å². The average molecular weight is 360 g/mol. The molecule has 5 nitrogen and oxygen atoms in total. The zero-order chi connectivity index (χ0) is 17.4. The van der Waals surface area contributed by atoms with E-state index >= 15 is 0 Å². The zero-order valence-electron chi connectivity index (χ0n) is 15.0. The number of nitrogens with one attached hydrogen (secondary N) is 1. The Kier molecular flexibility index (Phi) is 5.65. The van der Waals surface area contributed by atoms with Gasteiger partial charge < -0.3 is 14.5 Å². The first-order chi connectivity index (χ1) is 10.5. The Hall–Kier alpha value is -0.373. The summed E-state index contributed by atoms with van der Waals surface area (Å²) >= 11 is 1.20. The molecule has 7 heteroatoms. The van der Waals surface area contributed by atoms with Gasteiger partial charge in [0.25, 0.3) is 0 Å². The molecule has 1 amide bonds. The molecule has 4 unspecified atom stereocenters. The lowest BCUT2D eigenvalue weighted by Gasteiger charge is -2.44. The molecule has 2 saturated heterocycles. The predicted octanol–water partition coefficient (Wildman–Crippen LogP) is 2.91. The van der Waals surface area contributed by atoms with E-state index in [1.807, 2.05) is 6.92 Å². The Morgan fingerprint density at radius 1 is 1.43 bits per heavy atom. The monoisotopic (exact) mass is 359 g/mol. The lowest BCUT2D eigenvalue weighted by atomic mass is 9.96. The van der Waals surface area contributed by atoms with Crippen molar-refractivity contribution in [3.05, 3.63) is 0 Å². The summed E-state index contributed by atoms with van der Waals surface area (Å²) in [4.78, 5) is 24.2. The van der Waals surface area contributed by atoms with E-state index in [1.165, 1.54) is 11.8 Å². The summed E-state index contributed by atoms with van der Waals surface area (Å²) in [6, 6.07) is 0. The van der Waals surface area contributed by atoms with E-state index in [9.17, 15) is 9.59 Å². The minimum Gasteiger partial charge on any atom is -0.413 e. The highest BCUT2D eigenvalue weighted by Crippen LogP contribution is 2.40. The maximum Gasteiger partial charge on any atom is 0.229 e. The number of thioether (sulfide) groups is 1. The van der Waals surface area contributed by atoms with E-state index in [4.69, 9.17) is 9.16 Å². The van der Waals surface area contributed by atoms with Gasteiger partial charge in [0.2, 0.25) is 11.0 Å².